The Morgan fingerprint density at radius 1 is 1.39 bits per heavy atom. The van der Waals surface area contributed by atoms with Crippen LogP contribution in [-0.2, 0) is 14.8 Å². The number of rotatable bonds is 6. The summed E-state index contributed by atoms with van der Waals surface area (Å²) in [6.45, 7) is 0. The molecule has 2 aliphatic carbocycles. The second-order valence-corrected chi connectivity index (χ2v) is 7.65. The van der Waals surface area contributed by atoms with Gasteiger partial charge in [0.25, 0.3) is 5.69 Å². The molecule has 1 N–H and O–H groups in total. The summed E-state index contributed by atoms with van der Waals surface area (Å²) in [7, 11) is -2.77. The molecule has 0 amide bonds. The topological polar surface area (TPSA) is 116 Å². The maximum atomic E-state index is 12.5. The molecule has 0 spiro atoms. The van der Waals surface area contributed by atoms with E-state index in [1.165, 1.54) is 6.07 Å². The Balaban J connectivity index is 1.94. The molecule has 8 nitrogen and oxygen atoms in total. The number of nitro groups is 1. The first kappa shape index (κ1) is 15.9. The van der Waals surface area contributed by atoms with Crippen LogP contribution in [-0.4, -0.2) is 32.0 Å². The molecule has 2 fully saturated rings. The van der Waals surface area contributed by atoms with Gasteiger partial charge in [-0.25, -0.2) is 17.9 Å². The molecule has 0 radical (unpaired) electrons. The number of carbonyl (C=O) groups excluding carboxylic acids is 1. The number of hydrogen-bond acceptors (Lipinski definition) is 6. The number of methoxy groups -OCH3 is 1. The molecule has 9 heteroatoms. The molecular weight excluding hydrogens is 324 g/mol. The summed E-state index contributed by atoms with van der Waals surface area (Å²) < 4.78 is 32.1. The summed E-state index contributed by atoms with van der Waals surface area (Å²) in [5.41, 5.74) is -1.25. The van der Waals surface area contributed by atoms with Gasteiger partial charge in [-0.2, -0.15) is 0 Å². The fourth-order valence-corrected chi connectivity index (χ4v) is 4.34. The molecule has 1 aromatic carbocycles. The molecule has 1 aromatic rings. The van der Waals surface area contributed by atoms with Crippen molar-refractivity contribution < 1.29 is 22.9 Å². The Labute approximate surface area is 133 Å². The van der Waals surface area contributed by atoms with E-state index in [0.29, 0.717) is 5.92 Å². The summed E-state index contributed by atoms with van der Waals surface area (Å²) in [6.07, 6.45) is 3.59. The molecule has 2 saturated carbocycles. The quantitative estimate of drug-likeness (QED) is 0.478. The highest BCUT2D eigenvalue weighted by Gasteiger charge is 2.56. The first-order valence-electron chi connectivity index (χ1n) is 7.20. The van der Waals surface area contributed by atoms with Gasteiger partial charge in [-0.1, -0.05) is 0 Å². The number of benzene rings is 1. The molecule has 0 saturated heterocycles. The Kier molecular flexibility index (Phi) is 3.64. The zero-order valence-corrected chi connectivity index (χ0v) is 13.3. The van der Waals surface area contributed by atoms with Crippen LogP contribution in [0.5, 0.6) is 0 Å². The first-order valence-corrected chi connectivity index (χ1v) is 8.68. The first-order chi connectivity index (χ1) is 10.8. The van der Waals surface area contributed by atoms with Gasteiger partial charge in [0, 0.05) is 11.6 Å². The van der Waals surface area contributed by atoms with Crippen LogP contribution in [0, 0.1) is 16.0 Å². The zero-order valence-electron chi connectivity index (χ0n) is 12.4. The molecule has 0 heterocycles. The molecule has 2 aliphatic rings. The molecule has 0 atom stereocenters. The minimum Gasteiger partial charge on any atom is -0.465 e. The van der Waals surface area contributed by atoms with Crippen molar-refractivity contribution in [2.45, 2.75) is 36.1 Å². The van der Waals surface area contributed by atoms with E-state index in [4.69, 9.17) is 0 Å². The third kappa shape index (κ3) is 2.93. The predicted octanol–water partition coefficient (Wildman–Crippen LogP) is 1.60. The second-order valence-electron chi connectivity index (χ2n) is 5.96. The third-order valence-electron chi connectivity index (χ3n) is 4.37. The van der Waals surface area contributed by atoms with Crippen molar-refractivity contribution in [1.29, 1.82) is 0 Å². The molecule has 23 heavy (non-hydrogen) atoms. The van der Waals surface area contributed by atoms with Crippen molar-refractivity contribution in [1.82, 2.24) is 4.72 Å². The monoisotopic (exact) mass is 340 g/mol. The van der Waals surface area contributed by atoms with E-state index in [1.807, 2.05) is 0 Å². The summed E-state index contributed by atoms with van der Waals surface area (Å²) in [6, 6.07) is 3.19. The molecular formula is C14H16N2O6S. The Bertz CT molecular complexity index is 780. The largest absolute Gasteiger partial charge is 0.465 e. The van der Waals surface area contributed by atoms with Crippen LogP contribution in [0.25, 0.3) is 0 Å². The van der Waals surface area contributed by atoms with Crippen molar-refractivity contribution in [2.75, 3.05) is 7.11 Å². The summed E-state index contributed by atoms with van der Waals surface area (Å²) in [5, 5.41) is 11.1. The maximum absolute atomic E-state index is 12.5. The smallest absolute Gasteiger partial charge is 0.344 e. The van der Waals surface area contributed by atoms with E-state index in [-0.39, 0.29) is 16.0 Å². The number of hydrogen-bond donors (Lipinski definition) is 1. The van der Waals surface area contributed by atoms with E-state index >= 15 is 0 Å². The van der Waals surface area contributed by atoms with Gasteiger partial charge in [0.05, 0.1) is 16.9 Å². The number of carbonyl (C=O) groups is 1. The molecule has 3 rings (SSSR count). The molecule has 0 bridgehead atoms. The normalized spacial score (nSPS) is 19.2. The van der Waals surface area contributed by atoms with Crippen molar-refractivity contribution in [3.8, 4) is 0 Å². The van der Waals surface area contributed by atoms with E-state index in [9.17, 15) is 23.3 Å². The lowest BCUT2D eigenvalue weighted by Gasteiger charge is -2.16. The van der Waals surface area contributed by atoms with Crippen molar-refractivity contribution in [2.24, 2.45) is 5.92 Å². The lowest BCUT2D eigenvalue weighted by atomic mass is 10.2. The van der Waals surface area contributed by atoms with Gasteiger partial charge in [-0.15, -0.1) is 0 Å². The highest BCUT2D eigenvalue weighted by atomic mass is 32.2. The summed E-state index contributed by atoms with van der Waals surface area (Å²) >= 11 is 0. The Hall–Kier alpha value is -2.00. The number of esters is 1. The fourth-order valence-electron chi connectivity index (χ4n) is 2.80. The number of sulfonamides is 1. The van der Waals surface area contributed by atoms with Crippen LogP contribution in [0.15, 0.2) is 23.1 Å². The van der Waals surface area contributed by atoms with Gasteiger partial charge < -0.3 is 4.74 Å². The van der Waals surface area contributed by atoms with E-state index in [1.54, 1.807) is 0 Å². The van der Waals surface area contributed by atoms with E-state index in [2.05, 4.69) is 9.46 Å². The van der Waals surface area contributed by atoms with Gasteiger partial charge >= 0.3 is 5.97 Å². The third-order valence-corrected chi connectivity index (χ3v) is 5.92. The standard InChI is InChI=1S/C14H16N2O6S/c1-22-13(17)11-5-4-10(8-12(11)16(18)19)23(20,21)15-14(6-7-14)9-2-3-9/h4-5,8-9,15H,2-3,6-7H2,1H3. The Morgan fingerprint density at radius 2 is 2.04 bits per heavy atom. The SMILES string of the molecule is COC(=O)c1ccc(S(=O)(=O)NC2(C3CC3)CC2)cc1[N+](=O)[O-]. The summed E-state index contributed by atoms with van der Waals surface area (Å²) in [5.74, 6) is -0.521. The van der Waals surface area contributed by atoms with Crippen LogP contribution in [0.1, 0.15) is 36.0 Å². The van der Waals surface area contributed by atoms with Gasteiger partial charge in [0.2, 0.25) is 10.0 Å². The highest BCUT2D eigenvalue weighted by Crippen LogP contribution is 2.54. The van der Waals surface area contributed by atoms with Gasteiger partial charge in [-0.3, -0.25) is 10.1 Å². The number of nitro benzene ring substituents is 1. The lowest BCUT2D eigenvalue weighted by molar-refractivity contribution is -0.385. The molecule has 0 unspecified atom stereocenters. The van der Waals surface area contributed by atoms with E-state index in [0.717, 1.165) is 44.9 Å². The predicted molar refractivity (Wildman–Crippen MR) is 79.4 cm³/mol. The minimum absolute atomic E-state index is 0.219. The lowest BCUT2D eigenvalue weighted by Crippen LogP contribution is -2.38. The molecule has 0 aromatic heterocycles. The average molecular weight is 340 g/mol. The van der Waals surface area contributed by atoms with Crippen LogP contribution in [0.3, 0.4) is 0 Å². The molecule has 0 aliphatic heterocycles. The van der Waals surface area contributed by atoms with Crippen LogP contribution < -0.4 is 4.72 Å². The van der Waals surface area contributed by atoms with Crippen molar-refractivity contribution >= 4 is 21.7 Å². The molecule has 124 valence electrons. The number of nitrogens with one attached hydrogen (secondary N) is 1. The van der Waals surface area contributed by atoms with Crippen LogP contribution >= 0.6 is 0 Å². The summed E-state index contributed by atoms with van der Waals surface area (Å²) in [4.78, 5) is 21.7. The van der Waals surface area contributed by atoms with Crippen LogP contribution in [0.4, 0.5) is 5.69 Å². The average Bonchev–Trinajstić information content (AvgIpc) is 3.38. The highest BCUT2D eigenvalue weighted by molar-refractivity contribution is 7.89. The van der Waals surface area contributed by atoms with Gasteiger partial charge in [0.1, 0.15) is 5.56 Å². The van der Waals surface area contributed by atoms with Gasteiger partial charge in [-0.05, 0) is 43.7 Å². The fraction of sp³-hybridized carbons (Fsp3) is 0.500. The van der Waals surface area contributed by atoms with Crippen molar-refractivity contribution in [3.63, 3.8) is 0 Å². The maximum Gasteiger partial charge on any atom is 0.344 e. The number of nitrogens with zero attached hydrogens (tertiary/aromatic N) is 1. The second kappa shape index (κ2) is 5.27. The zero-order chi connectivity index (χ0) is 16.8. The number of ether oxygens (including phenoxy) is 1. The van der Waals surface area contributed by atoms with E-state index < -0.39 is 26.6 Å². The van der Waals surface area contributed by atoms with Gasteiger partial charge in [0.15, 0.2) is 0 Å². The van der Waals surface area contributed by atoms with Crippen molar-refractivity contribution in [3.05, 3.63) is 33.9 Å². The Morgan fingerprint density at radius 3 is 2.52 bits per heavy atom. The minimum atomic E-state index is -3.87. The van der Waals surface area contributed by atoms with Crippen LogP contribution in [0.2, 0.25) is 0 Å².